The van der Waals surface area contributed by atoms with E-state index < -0.39 is 0 Å². The van der Waals surface area contributed by atoms with Crippen molar-refractivity contribution in [1.29, 1.82) is 0 Å². The van der Waals surface area contributed by atoms with Gasteiger partial charge in [-0.15, -0.1) is 0 Å². The van der Waals surface area contributed by atoms with Gasteiger partial charge in [0.25, 0.3) is 5.56 Å². The minimum atomic E-state index is -0.0764. The van der Waals surface area contributed by atoms with Crippen LogP contribution in [0.3, 0.4) is 0 Å². The van der Waals surface area contributed by atoms with Crippen LogP contribution in [-0.2, 0) is 5.75 Å². The van der Waals surface area contributed by atoms with Gasteiger partial charge in [-0.1, -0.05) is 52.0 Å². The number of nitrogens with zero attached hydrogens (tertiary/aromatic N) is 2. The Hall–Kier alpha value is -2.57. The van der Waals surface area contributed by atoms with Gasteiger partial charge in [-0.05, 0) is 54.1 Å². The second-order valence-electron chi connectivity index (χ2n) is 6.17. The smallest absolute Gasteiger partial charge is 0.266 e. The third-order valence-electron chi connectivity index (χ3n) is 4.33. The van der Waals surface area contributed by atoms with Gasteiger partial charge in [-0.2, -0.15) is 0 Å². The second kappa shape index (κ2) is 8.20. The molecule has 4 rings (SSSR count). The van der Waals surface area contributed by atoms with Crippen molar-refractivity contribution < 1.29 is 4.74 Å². The summed E-state index contributed by atoms with van der Waals surface area (Å²) in [5.74, 6) is 1.45. The Labute approximate surface area is 175 Å². The number of aromatic nitrogens is 2. The molecule has 0 bridgehead atoms. The van der Waals surface area contributed by atoms with Crippen LogP contribution >= 0.6 is 27.7 Å². The van der Waals surface area contributed by atoms with Crippen molar-refractivity contribution >= 4 is 38.6 Å². The molecular weight excluding hydrogens is 436 g/mol. The molecular formula is C22H17BrN2O2S. The zero-order valence-corrected chi connectivity index (χ0v) is 17.5. The lowest BCUT2D eigenvalue weighted by atomic mass is 10.2. The van der Waals surface area contributed by atoms with Crippen molar-refractivity contribution in [2.75, 3.05) is 7.11 Å². The van der Waals surface area contributed by atoms with Crippen molar-refractivity contribution in [2.24, 2.45) is 0 Å². The van der Waals surface area contributed by atoms with E-state index in [1.807, 2.05) is 60.7 Å². The van der Waals surface area contributed by atoms with Crippen LogP contribution in [0.1, 0.15) is 5.56 Å². The summed E-state index contributed by atoms with van der Waals surface area (Å²) in [7, 11) is 1.62. The van der Waals surface area contributed by atoms with Crippen LogP contribution in [-0.4, -0.2) is 16.7 Å². The number of para-hydroxylation sites is 1. The molecule has 6 heteroatoms. The lowest BCUT2D eigenvalue weighted by molar-refractivity contribution is 0.414. The number of methoxy groups -OCH3 is 1. The second-order valence-corrected chi connectivity index (χ2v) is 8.03. The Balaban J connectivity index is 1.81. The first-order chi connectivity index (χ1) is 13.7. The topological polar surface area (TPSA) is 44.1 Å². The number of thioether (sulfide) groups is 1. The average molecular weight is 453 g/mol. The first-order valence-corrected chi connectivity index (χ1v) is 10.5. The van der Waals surface area contributed by atoms with Gasteiger partial charge in [0, 0.05) is 10.2 Å². The van der Waals surface area contributed by atoms with Crippen LogP contribution in [0.2, 0.25) is 0 Å². The summed E-state index contributed by atoms with van der Waals surface area (Å²) in [6.07, 6.45) is 0. The van der Waals surface area contributed by atoms with E-state index in [-0.39, 0.29) is 5.56 Å². The molecule has 0 amide bonds. The third kappa shape index (κ3) is 3.84. The molecule has 0 unspecified atom stereocenters. The molecule has 0 saturated heterocycles. The minimum absolute atomic E-state index is 0.0764. The van der Waals surface area contributed by atoms with E-state index in [0.717, 1.165) is 21.5 Å². The van der Waals surface area contributed by atoms with Gasteiger partial charge in [0.2, 0.25) is 0 Å². The first-order valence-electron chi connectivity index (χ1n) is 8.69. The number of rotatable bonds is 5. The van der Waals surface area contributed by atoms with Crippen molar-refractivity contribution in [3.05, 3.63) is 93.2 Å². The molecule has 3 aromatic carbocycles. The number of halogens is 1. The molecule has 0 aliphatic carbocycles. The minimum Gasteiger partial charge on any atom is -0.497 e. The van der Waals surface area contributed by atoms with Crippen LogP contribution in [0.4, 0.5) is 0 Å². The van der Waals surface area contributed by atoms with Gasteiger partial charge in [-0.3, -0.25) is 9.36 Å². The normalized spacial score (nSPS) is 10.9. The maximum absolute atomic E-state index is 13.2. The van der Waals surface area contributed by atoms with Gasteiger partial charge >= 0.3 is 0 Å². The number of fused-ring (bicyclic) bond motifs is 1. The van der Waals surface area contributed by atoms with E-state index in [4.69, 9.17) is 9.72 Å². The highest BCUT2D eigenvalue weighted by Gasteiger charge is 2.13. The zero-order valence-electron chi connectivity index (χ0n) is 15.1. The summed E-state index contributed by atoms with van der Waals surface area (Å²) in [4.78, 5) is 18.0. The molecule has 4 aromatic rings. The fraction of sp³-hybridized carbons (Fsp3) is 0.0909. The Kier molecular flexibility index (Phi) is 5.50. The summed E-state index contributed by atoms with van der Waals surface area (Å²) in [6.45, 7) is 0. The molecule has 0 radical (unpaired) electrons. The molecule has 0 N–H and O–H groups in total. The summed E-state index contributed by atoms with van der Waals surface area (Å²) in [6, 6.07) is 23.0. The number of hydrogen-bond acceptors (Lipinski definition) is 4. The fourth-order valence-corrected chi connectivity index (χ4v) is 4.35. The van der Waals surface area contributed by atoms with Crippen molar-refractivity contribution in [1.82, 2.24) is 9.55 Å². The fourth-order valence-electron chi connectivity index (χ4n) is 2.94. The maximum atomic E-state index is 13.2. The zero-order chi connectivity index (χ0) is 19.5. The van der Waals surface area contributed by atoms with E-state index in [1.165, 1.54) is 0 Å². The van der Waals surface area contributed by atoms with Gasteiger partial charge in [0.15, 0.2) is 5.16 Å². The number of benzene rings is 3. The van der Waals surface area contributed by atoms with Crippen LogP contribution in [0, 0.1) is 0 Å². The van der Waals surface area contributed by atoms with Crippen LogP contribution in [0.25, 0.3) is 16.6 Å². The highest BCUT2D eigenvalue weighted by atomic mass is 79.9. The van der Waals surface area contributed by atoms with Gasteiger partial charge in [0.05, 0.1) is 23.7 Å². The van der Waals surface area contributed by atoms with Gasteiger partial charge < -0.3 is 4.74 Å². The lowest BCUT2D eigenvalue weighted by Crippen LogP contribution is -2.21. The Bertz CT molecular complexity index is 1190. The first kappa shape index (κ1) is 18.8. The highest BCUT2D eigenvalue weighted by Crippen LogP contribution is 2.26. The Morgan fingerprint density at radius 1 is 1.04 bits per heavy atom. The summed E-state index contributed by atoms with van der Waals surface area (Å²) in [5.41, 5.74) is 2.55. The molecule has 28 heavy (non-hydrogen) atoms. The van der Waals surface area contributed by atoms with Crippen LogP contribution in [0.5, 0.6) is 5.75 Å². The predicted molar refractivity (Wildman–Crippen MR) is 118 cm³/mol. The largest absolute Gasteiger partial charge is 0.497 e. The highest BCUT2D eigenvalue weighted by molar-refractivity contribution is 9.10. The molecule has 0 spiro atoms. The predicted octanol–water partition coefficient (Wildman–Crippen LogP) is 5.45. The summed E-state index contributed by atoms with van der Waals surface area (Å²) >= 11 is 5.05. The third-order valence-corrected chi connectivity index (χ3v) is 5.84. The van der Waals surface area contributed by atoms with E-state index in [9.17, 15) is 4.79 Å². The van der Waals surface area contributed by atoms with Gasteiger partial charge in [0.1, 0.15) is 5.75 Å². The lowest BCUT2D eigenvalue weighted by Gasteiger charge is -2.14. The van der Waals surface area contributed by atoms with Crippen molar-refractivity contribution in [3.8, 4) is 11.4 Å². The average Bonchev–Trinajstić information content (AvgIpc) is 2.73. The Morgan fingerprint density at radius 3 is 2.57 bits per heavy atom. The quantitative estimate of drug-likeness (QED) is 0.298. The standard InChI is InChI=1S/C22H17BrN2O2S/c1-27-18-11-9-17(10-12-18)25-21(26)19-7-2-3-8-20(19)24-22(25)28-14-15-5-4-6-16(23)13-15/h2-13H,14H2,1H3. The maximum Gasteiger partial charge on any atom is 0.266 e. The molecule has 0 aliphatic rings. The molecule has 0 fully saturated rings. The monoisotopic (exact) mass is 452 g/mol. The molecule has 4 nitrogen and oxygen atoms in total. The molecule has 0 saturated carbocycles. The molecule has 1 aromatic heterocycles. The summed E-state index contributed by atoms with van der Waals surface area (Å²) < 4.78 is 7.94. The van der Waals surface area contributed by atoms with E-state index >= 15 is 0 Å². The van der Waals surface area contributed by atoms with Crippen LogP contribution in [0.15, 0.2) is 87.2 Å². The van der Waals surface area contributed by atoms with Crippen molar-refractivity contribution in [2.45, 2.75) is 10.9 Å². The Morgan fingerprint density at radius 2 is 1.82 bits per heavy atom. The molecule has 0 aliphatic heterocycles. The molecule has 0 atom stereocenters. The van der Waals surface area contributed by atoms with E-state index in [0.29, 0.717) is 21.8 Å². The molecule has 1 heterocycles. The van der Waals surface area contributed by atoms with E-state index in [2.05, 4.69) is 28.1 Å². The number of hydrogen-bond donors (Lipinski definition) is 0. The molecule has 140 valence electrons. The van der Waals surface area contributed by atoms with Gasteiger partial charge in [-0.25, -0.2) is 4.98 Å². The number of ether oxygens (including phenoxy) is 1. The van der Waals surface area contributed by atoms with Crippen LogP contribution < -0.4 is 10.3 Å². The summed E-state index contributed by atoms with van der Waals surface area (Å²) in [5, 5.41) is 1.26. The van der Waals surface area contributed by atoms with Crippen molar-refractivity contribution in [3.63, 3.8) is 0 Å². The SMILES string of the molecule is COc1ccc(-n2c(SCc3cccc(Br)c3)nc3ccccc3c2=O)cc1. The van der Waals surface area contributed by atoms with E-state index in [1.54, 1.807) is 23.4 Å².